The van der Waals surface area contributed by atoms with Crippen LogP contribution in [0.2, 0.25) is 0 Å². The highest BCUT2D eigenvalue weighted by Gasteiger charge is 1.96. The summed E-state index contributed by atoms with van der Waals surface area (Å²) in [5.41, 5.74) is 3.71. The Balaban J connectivity index is 2.14. The summed E-state index contributed by atoms with van der Waals surface area (Å²) in [6.45, 7) is 0. The Labute approximate surface area is 101 Å². The van der Waals surface area contributed by atoms with E-state index in [1.165, 1.54) is 0 Å². The molecule has 0 aromatic heterocycles. The number of hydrazone groups is 1. The molecule has 0 aliphatic carbocycles. The molecule has 0 spiro atoms. The fraction of sp³-hybridized carbons (Fsp3) is 0.0714. The van der Waals surface area contributed by atoms with Gasteiger partial charge in [-0.25, -0.2) is 0 Å². The van der Waals surface area contributed by atoms with Crippen molar-refractivity contribution in [3.05, 3.63) is 60.2 Å². The number of nitrogens with zero attached hydrogens (tertiary/aromatic N) is 1. The zero-order valence-electron chi connectivity index (χ0n) is 9.63. The van der Waals surface area contributed by atoms with Gasteiger partial charge < -0.3 is 10.2 Å². The number of para-hydroxylation sites is 1. The smallest absolute Gasteiger partial charge is 0.128 e. The minimum Gasteiger partial charge on any atom is -0.457 e. The normalized spacial score (nSPS) is 10.4. The van der Waals surface area contributed by atoms with Crippen LogP contribution in [0.25, 0.3) is 0 Å². The van der Waals surface area contributed by atoms with Crippen LogP contribution < -0.4 is 10.2 Å². The van der Waals surface area contributed by atoms with Gasteiger partial charge in [-0.1, -0.05) is 30.3 Å². The molecule has 0 atom stereocenters. The van der Waals surface area contributed by atoms with E-state index in [0.29, 0.717) is 0 Å². The van der Waals surface area contributed by atoms with Gasteiger partial charge in [0, 0.05) is 7.05 Å². The largest absolute Gasteiger partial charge is 0.457 e. The Morgan fingerprint density at radius 1 is 1.00 bits per heavy atom. The Morgan fingerprint density at radius 2 is 1.76 bits per heavy atom. The van der Waals surface area contributed by atoms with Gasteiger partial charge in [0.25, 0.3) is 0 Å². The molecule has 0 saturated heterocycles. The lowest BCUT2D eigenvalue weighted by Crippen LogP contribution is -1.94. The van der Waals surface area contributed by atoms with Gasteiger partial charge in [0.15, 0.2) is 0 Å². The molecule has 1 N–H and O–H groups in total. The number of benzene rings is 2. The summed E-state index contributed by atoms with van der Waals surface area (Å²) >= 11 is 0. The van der Waals surface area contributed by atoms with Crippen molar-refractivity contribution in [1.82, 2.24) is 5.43 Å². The summed E-state index contributed by atoms with van der Waals surface area (Å²) in [7, 11) is 1.76. The fourth-order valence-corrected chi connectivity index (χ4v) is 1.42. The van der Waals surface area contributed by atoms with Gasteiger partial charge in [0.2, 0.25) is 0 Å². The summed E-state index contributed by atoms with van der Waals surface area (Å²) in [5, 5.41) is 3.96. The van der Waals surface area contributed by atoms with Crippen molar-refractivity contribution in [2.45, 2.75) is 0 Å². The van der Waals surface area contributed by atoms with E-state index in [2.05, 4.69) is 10.5 Å². The van der Waals surface area contributed by atoms with Crippen LogP contribution in [-0.4, -0.2) is 13.3 Å². The molecule has 0 fully saturated rings. The second kappa shape index (κ2) is 5.70. The molecular formula is C14H14N2O. The molecule has 0 amide bonds. The highest BCUT2D eigenvalue weighted by molar-refractivity contribution is 5.79. The topological polar surface area (TPSA) is 33.6 Å². The number of rotatable bonds is 4. The Kier molecular flexibility index (Phi) is 3.76. The van der Waals surface area contributed by atoms with Crippen molar-refractivity contribution >= 4 is 6.21 Å². The lowest BCUT2D eigenvalue weighted by molar-refractivity contribution is 0.482. The lowest BCUT2D eigenvalue weighted by Gasteiger charge is -2.05. The average Bonchev–Trinajstić information content (AvgIpc) is 2.38. The Morgan fingerprint density at radius 3 is 2.53 bits per heavy atom. The van der Waals surface area contributed by atoms with Crippen LogP contribution in [0.5, 0.6) is 11.5 Å². The zero-order chi connectivity index (χ0) is 11.9. The second-order valence-electron chi connectivity index (χ2n) is 3.47. The quantitative estimate of drug-likeness (QED) is 0.642. The third-order valence-electron chi connectivity index (χ3n) is 2.18. The number of nitrogens with one attached hydrogen (secondary N) is 1. The van der Waals surface area contributed by atoms with Crippen LogP contribution in [0, 0.1) is 0 Å². The van der Waals surface area contributed by atoms with Gasteiger partial charge in [-0.2, -0.15) is 5.10 Å². The average molecular weight is 226 g/mol. The number of ether oxygens (including phenoxy) is 1. The monoisotopic (exact) mass is 226 g/mol. The van der Waals surface area contributed by atoms with Gasteiger partial charge in [0.05, 0.1) is 6.21 Å². The van der Waals surface area contributed by atoms with Gasteiger partial charge in [0.1, 0.15) is 11.5 Å². The number of hydrogen-bond acceptors (Lipinski definition) is 3. The molecule has 86 valence electrons. The van der Waals surface area contributed by atoms with Crippen molar-refractivity contribution in [1.29, 1.82) is 0 Å². The Hall–Kier alpha value is -2.29. The van der Waals surface area contributed by atoms with Crippen LogP contribution in [0.1, 0.15) is 5.56 Å². The van der Waals surface area contributed by atoms with Crippen LogP contribution >= 0.6 is 0 Å². The summed E-state index contributed by atoms with van der Waals surface area (Å²) in [6, 6.07) is 17.5. The molecule has 0 bridgehead atoms. The van der Waals surface area contributed by atoms with Gasteiger partial charge in [-0.3, -0.25) is 0 Å². The van der Waals surface area contributed by atoms with E-state index < -0.39 is 0 Å². The van der Waals surface area contributed by atoms with Crippen molar-refractivity contribution in [3.8, 4) is 11.5 Å². The molecule has 0 heterocycles. The van der Waals surface area contributed by atoms with E-state index in [9.17, 15) is 0 Å². The van der Waals surface area contributed by atoms with E-state index in [1.54, 1.807) is 13.3 Å². The van der Waals surface area contributed by atoms with Crippen molar-refractivity contribution in [2.24, 2.45) is 5.10 Å². The third kappa shape index (κ3) is 3.34. The minimum absolute atomic E-state index is 0.802. The van der Waals surface area contributed by atoms with Crippen LogP contribution in [0.4, 0.5) is 0 Å². The first kappa shape index (κ1) is 11.2. The molecule has 2 rings (SSSR count). The van der Waals surface area contributed by atoms with E-state index in [4.69, 9.17) is 4.74 Å². The van der Waals surface area contributed by atoms with E-state index >= 15 is 0 Å². The highest BCUT2D eigenvalue weighted by atomic mass is 16.5. The maximum atomic E-state index is 5.72. The maximum absolute atomic E-state index is 5.72. The van der Waals surface area contributed by atoms with E-state index in [1.807, 2.05) is 54.6 Å². The van der Waals surface area contributed by atoms with Gasteiger partial charge in [-0.05, 0) is 29.8 Å². The maximum Gasteiger partial charge on any atom is 0.128 e. The lowest BCUT2D eigenvalue weighted by atomic mass is 10.2. The molecule has 2 aromatic rings. The first-order chi connectivity index (χ1) is 8.38. The third-order valence-corrected chi connectivity index (χ3v) is 2.18. The number of hydrogen-bond donors (Lipinski definition) is 1. The molecule has 0 radical (unpaired) electrons. The molecule has 0 aliphatic heterocycles. The fourth-order valence-electron chi connectivity index (χ4n) is 1.42. The molecule has 2 aromatic carbocycles. The van der Waals surface area contributed by atoms with Crippen molar-refractivity contribution < 1.29 is 4.74 Å². The molecule has 0 aliphatic rings. The summed E-state index contributed by atoms with van der Waals surface area (Å²) < 4.78 is 5.72. The standard InChI is InChI=1S/C14H14N2O/c1-15-16-11-12-6-5-9-14(10-12)17-13-7-3-2-4-8-13/h2-11,15H,1H3/b16-11+. The molecule has 0 saturated carbocycles. The summed E-state index contributed by atoms with van der Waals surface area (Å²) in [6.07, 6.45) is 1.75. The summed E-state index contributed by atoms with van der Waals surface area (Å²) in [4.78, 5) is 0. The van der Waals surface area contributed by atoms with Crippen LogP contribution in [0.3, 0.4) is 0 Å². The van der Waals surface area contributed by atoms with Gasteiger partial charge in [-0.15, -0.1) is 0 Å². The van der Waals surface area contributed by atoms with Gasteiger partial charge >= 0.3 is 0 Å². The van der Waals surface area contributed by atoms with E-state index in [-0.39, 0.29) is 0 Å². The predicted molar refractivity (Wildman–Crippen MR) is 69.6 cm³/mol. The highest BCUT2D eigenvalue weighted by Crippen LogP contribution is 2.21. The first-order valence-corrected chi connectivity index (χ1v) is 5.41. The van der Waals surface area contributed by atoms with E-state index in [0.717, 1.165) is 17.1 Å². The molecule has 3 nitrogen and oxygen atoms in total. The molecule has 3 heteroatoms. The Bertz CT molecular complexity index is 495. The van der Waals surface area contributed by atoms with Crippen LogP contribution in [0.15, 0.2) is 59.7 Å². The molecular weight excluding hydrogens is 212 g/mol. The minimum atomic E-state index is 0.802. The van der Waals surface area contributed by atoms with Crippen molar-refractivity contribution in [2.75, 3.05) is 7.05 Å². The predicted octanol–water partition coefficient (Wildman–Crippen LogP) is 3.03. The van der Waals surface area contributed by atoms with Crippen molar-refractivity contribution in [3.63, 3.8) is 0 Å². The van der Waals surface area contributed by atoms with Crippen LogP contribution in [-0.2, 0) is 0 Å². The molecule has 17 heavy (non-hydrogen) atoms. The first-order valence-electron chi connectivity index (χ1n) is 5.41. The zero-order valence-corrected chi connectivity index (χ0v) is 9.63. The SMILES string of the molecule is CN/N=C/c1cccc(Oc2ccccc2)c1. The molecule has 0 unspecified atom stereocenters. The second-order valence-corrected chi connectivity index (χ2v) is 3.47. The summed E-state index contributed by atoms with van der Waals surface area (Å²) in [5.74, 6) is 1.63.